The zero-order valence-electron chi connectivity index (χ0n) is 11.2. The lowest BCUT2D eigenvalue weighted by Gasteiger charge is -2.08. The fourth-order valence-corrected chi connectivity index (χ4v) is 2.71. The Kier molecular flexibility index (Phi) is 7.17. The summed E-state index contributed by atoms with van der Waals surface area (Å²) in [6.07, 6.45) is 2.73. The Balaban J connectivity index is 2.54. The van der Waals surface area contributed by atoms with Crippen molar-refractivity contribution in [3.8, 4) is 0 Å². The van der Waals surface area contributed by atoms with Crippen LogP contribution in [0.3, 0.4) is 0 Å². The van der Waals surface area contributed by atoms with E-state index in [2.05, 4.69) is 15.1 Å². The zero-order valence-corrected chi connectivity index (χ0v) is 12.8. The highest BCUT2D eigenvalue weighted by molar-refractivity contribution is 7.89. The fraction of sp³-hybridized carbons (Fsp3) is 0.545. The molecule has 0 unspecified atom stereocenters. The smallest absolute Gasteiger partial charge is 0.242 e. The van der Waals surface area contributed by atoms with Crippen LogP contribution in [0, 0.1) is 0 Å². The van der Waals surface area contributed by atoms with E-state index in [0.29, 0.717) is 26.2 Å². The summed E-state index contributed by atoms with van der Waals surface area (Å²) in [5.41, 5.74) is 2.27. The highest BCUT2D eigenvalue weighted by atomic mass is 35.5. The summed E-state index contributed by atoms with van der Waals surface area (Å²) in [6, 6.07) is 1.29. The first-order valence-corrected chi connectivity index (χ1v) is 8.07. The molecule has 0 atom stereocenters. The van der Waals surface area contributed by atoms with Crippen LogP contribution in [-0.2, 0) is 14.8 Å². The molecule has 1 aromatic heterocycles. The Hall–Kier alpha value is -0.930. The monoisotopic (exact) mass is 322 g/mol. The van der Waals surface area contributed by atoms with E-state index in [4.69, 9.17) is 22.2 Å². The molecule has 0 aromatic carbocycles. The quantitative estimate of drug-likeness (QED) is 0.357. The Morgan fingerprint density at radius 2 is 2.20 bits per heavy atom. The van der Waals surface area contributed by atoms with Crippen LogP contribution >= 0.6 is 11.6 Å². The Morgan fingerprint density at radius 1 is 1.45 bits per heavy atom. The van der Waals surface area contributed by atoms with Crippen molar-refractivity contribution in [2.75, 3.05) is 25.2 Å². The van der Waals surface area contributed by atoms with E-state index in [9.17, 15) is 8.42 Å². The van der Waals surface area contributed by atoms with Gasteiger partial charge in [0.05, 0.1) is 5.02 Å². The third kappa shape index (κ3) is 5.22. The van der Waals surface area contributed by atoms with Crippen molar-refractivity contribution in [3.63, 3.8) is 0 Å². The van der Waals surface area contributed by atoms with Crippen LogP contribution in [0.15, 0.2) is 17.2 Å². The van der Waals surface area contributed by atoms with Crippen LogP contribution < -0.4 is 16.0 Å². The molecule has 0 aliphatic carbocycles. The minimum absolute atomic E-state index is 0.00373. The van der Waals surface area contributed by atoms with Crippen molar-refractivity contribution in [1.82, 2.24) is 9.71 Å². The predicted octanol–water partition coefficient (Wildman–Crippen LogP) is 1.12. The minimum Gasteiger partial charge on any atom is -0.381 e. The van der Waals surface area contributed by atoms with Crippen LogP contribution in [0.25, 0.3) is 0 Å². The van der Waals surface area contributed by atoms with Gasteiger partial charge in [0.1, 0.15) is 4.90 Å². The molecule has 0 bridgehead atoms. The highest BCUT2D eigenvalue weighted by Crippen LogP contribution is 2.21. The van der Waals surface area contributed by atoms with Crippen molar-refractivity contribution >= 4 is 27.4 Å². The van der Waals surface area contributed by atoms with Crippen LogP contribution in [0.4, 0.5) is 5.82 Å². The Bertz CT molecular complexity index is 524. The maximum Gasteiger partial charge on any atom is 0.242 e. The third-order valence-electron chi connectivity index (χ3n) is 2.37. The SMILES string of the molecule is CCCOCCCNS(=O)(=O)c1cnc(NN)c(Cl)c1. The Morgan fingerprint density at radius 3 is 2.80 bits per heavy atom. The Labute approximate surface area is 123 Å². The molecule has 7 nitrogen and oxygen atoms in total. The number of nitrogens with zero attached hydrogens (tertiary/aromatic N) is 1. The summed E-state index contributed by atoms with van der Waals surface area (Å²) in [4.78, 5) is 3.82. The fourth-order valence-electron chi connectivity index (χ4n) is 1.38. The molecule has 0 spiro atoms. The zero-order chi connectivity index (χ0) is 15.0. The van der Waals surface area contributed by atoms with E-state index in [1.54, 1.807) is 0 Å². The second kappa shape index (κ2) is 8.38. The lowest BCUT2D eigenvalue weighted by atomic mass is 10.4. The lowest BCUT2D eigenvalue weighted by Crippen LogP contribution is -2.26. The molecular weight excluding hydrogens is 304 g/mol. The van der Waals surface area contributed by atoms with Gasteiger partial charge in [-0.25, -0.2) is 24.0 Å². The van der Waals surface area contributed by atoms with Crippen molar-refractivity contribution in [2.45, 2.75) is 24.7 Å². The number of hydrogen-bond acceptors (Lipinski definition) is 6. The van der Waals surface area contributed by atoms with E-state index < -0.39 is 10.0 Å². The third-order valence-corrected chi connectivity index (χ3v) is 4.09. The molecule has 1 rings (SSSR count). The molecule has 0 saturated heterocycles. The number of sulfonamides is 1. The molecule has 20 heavy (non-hydrogen) atoms. The first-order valence-electron chi connectivity index (χ1n) is 6.21. The number of anilines is 1. The van der Waals surface area contributed by atoms with Gasteiger partial charge in [-0.15, -0.1) is 0 Å². The van der Waals surface area contributed by atoms with Crippen LogP contribution in [0.5, 0.6) is 0 Å². The van der Waals surface area contributed by atoms with Crippen molar-refractivity contribution < 1.29 is 13.2 Å². The van der Waals surface area contributed by atoms with Gasteiger partial charge in [-0.3, -0.25) is 0 Å². The largest absolute Gasteiger partial charge is 0.381 e. The number of rotatable bonds is 9. The molecule has 0 radical (unpaired) electrons. The van der Waals surface area contributed by atoms with Crippen LogP contribution in [-0.4, -0.2) is 33.2 Å². The van der Waals surface area contributed by atoms with Crippen LogP contribution in [0.1, 0.15) is 19.8 Å². The summed E-state index contributed by atoms with van der Waals surface area (Å²) in [5, 5.41) is 0.140. The standard InChI is InChI=1S/C11H19ClN4O3S/c1-2-5-19-6-3-4-15-20(17,18)9-7-10(12)11(16-13)14-8-9/h7-8,15H,2-6,13H2,1H3,(H,14,16). The van der Waals surface area contributed by atoms with Crippen molar-refractivity contribution in [2.24, 2.45) is 5.84 Å². The number of nitrogens with one attached hydrogen (secondary N) is 2. The van der Waals surface area contributed by atoms with E-state index in [1.807, 2.05) is 6.92 Å². The second-order valence-electron chi connectivity index (χ2n) is 4.01. The molecule has 0 saturated carbocycles. The van der Waals surface area contributed by atoms with Gasteiger partial charge in [0.25, 0.3) is 0 Å². The molecule has 4 N–H and O–H groups in total. The van der Waals surface area contributed by atoms with Gasteiger partial charge in [0, 0.05) is 26.0 Å². The number of hydrogen-bond donors (Lipinski definition) is 3. The molecule has 0 aliphatic rings. The van der Waals surface area contributed by atoms with Gasteiger partial charge in [0.2, 0.25) is 10.0 Å². The number of pyridine rings is 1. The summed E-state index contributed by atoms with van der Waals surface area (Å²) < 4.78 is 31.7. The summed E-state index contributed by atoms with van der Waals surface area (Å²) in [7, 11) is -3.62. The average molecular weight is 323 g/mol. The average Bonchev–Trinajstić information content (AvgIpc) is 2.42. The maximum absolute atomic E-state index is 12.0. The molecule has 1 aromatic rings. The number of nitrogen functional groups attached to an aromatic ring is 1. The molecule has 0 amide bonds. The van der Waals surface area contributed by atoms with Gasteiger partial charge in [0.15, 0.2) is 5.82 Å². The number of aromatic nitrogens is 1. The normalized spacial score (nSPS) is 11.6. The van der Waals surface area contributed by atoms with E-state index >= 15 is 0 Å². The number of halogens is 1. The van der Waals surface area contributed by atoms with E-state index in [1.165, 1.54) is 12.3 Å². The first kappa shape index (κ1) is 17.1. The van der Waals surface area contributed by atoms with Crippen molar-refractivity contribution in [3.05, 3.63) is 17.3 Å². The summed E-state index contributed by atoms with van der Waals surface area (Å²) in [6.45, 7) is 3.51. The summed E-state index contributed by atoms with van der Waals surface area (Å²) >= 11 is 5.84. The maximum atomic E-state index is 12.0. The number of hydrazine groups is 1. The molecule has 0 fully saturated rings. The number of ether oxygens (including phenoxy) is 1. The molecule has 114 valence electrons. The van der Waals surface area contributed by atoms with Crippen molar-refractivity contribution in [1.29, 1.82) is 0 Å². The van der Waals surface area contributed by atoms with Gasteiger partial charge in [-0.05, 0) is 18.9 Å². The minimum atomic E-state index is -3.62. The van der Waals surface area contributed by atoms with Gasteiger partial charge in [-0.1, -0.05) is 18.5 Å². The second-order valence-corrected chi connectivity index (χ2v) is 6.18. The molecule has 0 aliphatic heterocycles. The summed E-state index contributed by atoms with van der Waals surface area (Å²) in [5.74, 6) is 5.39. The molecule has 1 heterocycles. The highest BCUT2D eigenvalue weighted by Gasteiger charge is 2.15. The van der Waals surface area contributed by atoms with Crippen LogP contribution in [0.2, 0.25) is 5.02 Å². The van der Waals surface area contributed by atoms with E-state index in [-0.39, 0.29) is 15.7 Å². The first-order chi connectivity index (χ1) is 9.51. The topological polar surface area (TPSA) is 106 Å². The van der Waals surface area contributed by atoms with Gasteiger partial charge >= 0.3 is 0 Å². The molecular formula is C11H19ClN4O3S. The van der Waals surface area contributed by atoms with E-state index in [0.717, 1.165) is 6.42 Å². The molecule has 9 heteroatoms. The van der Waals surface area contributed by atoms with Gasteiger partial charge in [-0.2, -0.15) is 0 Å². The lowest BCUT2D eigenvalue weighted by molar-refractivity contribution is 0.133. The van der Waals surface area contributed by atoms with Gasteiger partial charge < -0.3 is 10.2 Å². The number of nitrogens with two attached hydrogens (primary N) is 1. The predicted molar refractivity (Wildman–Crippen MR) is 78.0 cm³/mol.